The van der Waals surface area contributed by atoms with Gasteiger partial charge in [0.25, 0.3) is 0 Å². The van der Waals surface area contributed by atoms with Gasteiger partial charge in [0.1, 0.15) is 0 Å². The molecule has 1 fully saturated rings. The molecule has 0 spiro atoms. The molecule has 2 atom stereocenters. The monoisotopic (exact) mass is 284 g/mol. The smallest absolute Gasteiger partial charge is 0.249 e. The zero-order valence-electron chi connectivity index (χ0n) is 12.8. The molecule has 0 aromatic heterocycles. The minimum Gasteiger partial charge on any atom is -0.342 e. The molecule has 1 aromatic rings. The Morgan fingerprint density at radius 1 is 1.33 bits per heavy atom. The Hall–Kier alpha value is -1.61. The Balaban J connectivity index is 1.59. The highest BCUT2D eigenvalue weighted by molar-refractivity contribution is 5.94. The molecular weight excluding hydrogens is 260 g/mol. The average molecular weight is 284 g/mol. The summed E-state index contributed by atoms with van der Waals surface area (Å²) in [6, 6.07) is 10.4. The molecule has 3 nitrogen and oxygen atoms in total. The van der Waals surface area contributed by atoms with Crippen LogP contribution in [0.4, 0.5) is 0 Å². The van der Waals surface area contributed by atoms with Crippen molar-refractivity contribution in [1.29, 1.82) is 0 Å². The van der Waals surface area contributed by atoms with E-state index < -0.39 is 0 Å². The highest BCUT2D eigenvalue weighted by atomic mass is 16.2. The van der Waals surface area contributed by atoms with Gasteiger partial charge in [0.2, 0.25) is 5.91 Å². The average Bonchev–Trinajstić information content (AvgIpc) is 2.53. The Kier molecular flexibility index (Phi) is 4.39. The van der Waals surface area contributed by atoms with E-state index in [1.807, 2.05) is 18.0 Å². The fraction of sp³-hybridized carbons (Fsp3) is 0.500. The molecule has 1 aromatic carbocycles. The second-order valence-electron chi connectivity index (χ2n) is 6.22. The lowest BCUT2D eigenvalue weighted by atomic mass is 9.86. The van der Waals surface area contributed by atoms with Gasteiger partial charge in [-0.1, -0.05) is 36.4 Å². The molecule has 2 aliphatic heterocycles. The van der Waals surface area contributed by atoms with E-state index in [-0.39, 0.29) is 5.91 Å². The van der Waals surface area contributed by atoms with Gasteiger partial charge in [-0.15, -0.1) is 0 Å². The van der Waals surface area contributed by atoms with Crippen LogP contribution in [-0.4, -0.2) is 48.9 Å². The summed E-state index contributed by atoms with van der Waals surface area (Å²) >= 11 is 0. The van der Waals surface area contributed by atoms with Crippen LogP contribution in [0.5, 0.6) is 0 Å². The molecule has 3 rings (SSSR count). The van der Waals surface area contributed by atoms with Gasteiger partial charge < -0.3 is 4.90 Å². The van der Waals surface area contributed by atoms with E-state index in [4.69, 9.17) is 0 Å². The Bertz CT molecular complexity index is 523. The van der Waals surface area contributed by atoms with Crippen molar-refractivity contribution in [2.24, 2.45) is 5.92 Å². The molecule has 2 heterocycles. The fourth-order valence-corrected chi connectivity index (χ4v) is 3.39. The van der Waals surface area contributed by atoms with Gasteiger partial charge in [-0.3, -0.25) is 9.69 Å². The maximum absolute atomic E-state index is 12.7. The van der Waals surface area contributed by atoms with E-state index in [1.165, 1.54) is 24.9 Å². The van der Waals surface area contributed by atoms with Crippen LogP contribution in [0.1, 0.15) is 18.4 Å². The number of hydrogen-bond acceptors (Lipinski definition) is 2. The van der Waals surface area contributed by atoms with Crippen LogP contribution in [0, 0.1) is 5.92 Å². The van der Waals surface area contributed by atoms with Crippen molar-refractivity contribution >= 4 is 5.91 Å². The molecule has 1 amide bonds. The van der Waals surface area contributed by atoms with Crippen molar-refractivity contribution in [1.82, 2.24) is 9.80 Å². The molecule has 0 radical (unpaired) electrons. The largest absolute Gasteiger partial charge is 0.342 e. The second-order valence-corrected chi connectivity index (χ2v) is 6.22. The van der Waals surface area contributed by atoms with Gasteiger partial charge in [-0.25, -0.2) is 0 Å². The summed E-state index contributed by atoms with van der Waals surface area (Å²) in [6.45, 7) is 4.00. The summed E-state index contributed by atoms with van der Waals surface area (Å²) in [4.78, 5) is 17.0. The van der Waals surface area contributed by atoms with Crippen LogP contribution in [0.2, 0.25) is 0 Å². The molecule has 2 aliphatic rings. The number of piperidine rings is 1. The highest BCUT2D eigenvalue weighted by Gasteiger charge is 2.30. The standard InChI is InChI=1S/C18H24N2O/c1-19(12-9-15-6-3-2-4-7-15)18(21)17-10-13-20-11-5-8-16(17)14-20/h2-4,6-7,10,16H,5,8-9,11-14H2,1H3. The number of benzene rings is 1. The lowest BCUT2D eigenvalue weighted by molar-refractivity contribution is -0.126. The number of carbonyl (C=O) groups is 1. The van der Waals surface area contributed by atoms with Gasteiger partial charge in [-0.2, -0.15) is 0 Å². The van der Waals surface area contributed by atoms with E-state index >= 15 is 0 Å². The number of carbonyl (C=O) groups excluding carboxylic acids is 1. The van der Waals surface area contributed by atoms with Gasteiger partial charge in [0, 0.05) is 38.2 Å². The summed E-state index contributed by atoms with van der Waals surface area (Å²) in [5, 5.41) is 0. The molecule has 3 heteroatoms. The van der Waals surface area contributed by atoms with E-state index in [0.29, 0.717) is 5.92 Å². The zero-order valence-corrected chi connectivity index (χ0v) is 12.8. The zero-order chi connectivity index (χ0) is 14.7. The fourth-order valence-electron chi connectivity index (χ4n) is 3.39. The third kappa shape index (κ3) is 3.35. The molecular formula is C18H24N2O. The van der Waals surface area contributed by atoms with Crippen LogP contribution < -0.4 is 0 Å². The van der Waals surface area contributed by atoms with Crippen molar-refractivity contribution in [2.75, 3.05) is 33.2 Å². The van der Waals surface area contributed by atoms with Crippen LogP contribution in [0.25, 0.3) is 0 Å². The van der Waals surface area contributed by atoms with Crippen molar-refractivity contribution in [3.63, 3.8) is 0 Å². The van der Waals surface area contributed by atoms with Crippen molar-refractivity contribution in [2.45, 2.75) is 19.3 Å². The number of amides is 1. The third-order valence-corrected chi connectivity index (χ3v) is 4.69. The maximum Gasteiger partial charge on any atom is 0.249 e. The Morgan fingerprint density at radius 3 is 2.95 bits per heavy atom. The molecule has 0 aliphatic carbocycles. The van der Waals surface area contributed by atoms with Gasteiger partial charge >= 0.3 is 0 Å². The normalized spacial score (nSPS) is 24.3. The Morgan fingerprint density at radius 2 is 2.14 bits per heavy atom. The number of nitrogens with zero attached hydrogens (tertiary/aromatic N) is 2. The first-order valence-electron chi connectivity index (χ1n) is 7.96. The molecule has 0 N–H and O–H groups in total. The SMILES string of the molecule is CN(CCc1ccccc1)C(=O)C1=CCN2CCCC1C2. The highest BCUT2D eigenvalue weighted by Crippen LogP contribution is 2.28. The quantitative estimate of drug-likeness (QED) is 0.847. The van der Waals surface area contributed by atoms with Crippen LogP contribution in [0.3, 0.4) is 0 Å². The lowest BCUT2D eigenvalue weighted by Crippen LogP contribution is -2.43. The maximum atomic E-state index is 12.7. The number of hydrogen-bond donors (Lipinski definition) is 0. The summed E-state index contributed by atoms with van der Waals surface area (Å²) in [5.41, 5.74) is 2.35. The number of likely N-dealkylation sites (N-methyl/N-ethyl adjacent to an activating group) is 1. The first-order valence-corrected chi connectivity index (χ1v) is 7.96. The predicted molar refractivity (Wildman–Crippen MR) is 85.0 cm³/mol. The van der Waals surface area contributed by atoms with E-state index in [0.717, 1.165) is 31.6 Å². The summed E-state index contributed by atoms with van der Waals surface area (Å²) in [6.07, 6.45) is 5.48. The third-order valence-electron chi connectivity index (χ3n) is 4.69. The van der Waals surface area contributed by atoms with Gasteiger partial charge in [0.05, 0.1) is 0 Å². The molecule has 112 valence electrons. The minimum atomic E-state index is 0.234. The van der Waals surface area contributed by atoms with E-state index in [2.05, 4.69) is 35.2 Å². The van der Waals surface area contributed by atoms with Crippen LogP contribution in [-0.2, 0) is 11.2 Å². The van der Waals surface area contributed by atoms with Crippen molar-refractivity contribution in [3.05, 3.63) is 47.5 Å². The summed E-state index contributed by atoms with van der Waals surface area (Å²) in [5.74, 6) is 0.691. The number of rotatable bonds is 4. The van der Waals surface area contributed by atoms with Crippen molar-refractivity contribution < 1.29 is 4.79 Å². The van der Waals surface area contributed by atoms with Crippen LogP contribution in [0.15, 0.2) is 42.0 Å². The Labute approximate surface area is 127 Å². The molecule has 2 bridgehead atoms. The van der Waals surface area contributed by atoms with E-state index in [1.54, 1.807) is 0 Å². The summed E-state index contributed by atoms with van der Waals surface area (Å²) in [7, 11) is 1.93. The first kappa shape index (κ1) is 14.3. The predicted octanol–water partition coefficient (Wildman–Crippen LogP) is 2.34. The topological polar surface area (TPSA) is 23.6 Å². The minimum absolute atomic E-state index is 0.234. The molecule has 2 unspecified atom stereocenters. The van der Waals surface area contributed by atoms with Crippen molar-refractivity contribution in [3.8, 4) is 0 Å². The van der Waals surface area contributed by atoms with Gasteiger partial charge in [0.15, 0.2) is 0 Å². The first-order chi connectivity index (χ1) is 10.2. The lowest BCUT2D eigenvalue weighted by Gasteiger charge is -2.38. The molecule has 1 saturated heterocycles. The van der Waals surface area contributed by atoms with Gasteiger partial charge in [-0.05, 0) is 31.4 Å². The number of fused-ring (bicyclic) bond motifs is 2. The second kappa shape index (κ2) is 6.44. The van der Waals surface area contributed by atoms with Crippen LogP contribution >= 0.6 is 0 Å². The van der Waals surface area contributed by atoms with E-state index in [9.17, 15) is 4.79 Å². The molecule has 0 saturated carbocycles. The summed E-state index contributed by atoms with van der Waals surface area (Å²) < 4.78 is 0. The molecule has 21 heavy (non-hydrogen) atoms.